The third kappa shape index (κ3) is 3.58. The van der Waals surface area contributed by atoms with Crippen LogP contribution >= 0.6 is 0 Å². The van der Waals surface area contributed by atoms with Gasteiger partial charge >= 0.3 is 0 Å². The maximum Gasteiger partial charge on any atom is 0.229 e. The topological polar surface area (TPSA) is 97.4 Å². The van der Waals surface area contributed by atoms with Crippen LogP contribution in [-0.2, 0) is 9.59 Å². The number of carbonyl (C=O) groups is 2. The first-order valence-corrected chi connectivity index (χ1v) is 7.07. The number of nitriles is 2. The average molecular weight is 312 g/mol. The van der Waals surface area contributed by atoms with Crippen molar-refractivity contribution in [2.75, 3.05) is 31.6 Å². The molecule has 2 rings (SSSR count). The Kier molecular flexibility index (Phi) is 5.16. The number of rotatable bonds is 5. The van der Waals surface area contributed by atoms with E-state index < -0.39 is 5.92 Å². The molecule has 7 nitrogen and oxygen atoms in total. The van der Waals surface area contributed by atoms with Crippen molar-refractivity contribution in [3.05, 3.63) is 24.3 Å². The first kappa shape index (κ1) is 16.3. The van der Waals surface area contributed by atoms with Crippen molar-refractivity contribution in [2.24, 2.45) is 5.92 Å². The lowest BCUT2D eigenvalue weighted by molar-refractivity contribution is -0.134. The number of hydrogen-bond acceptors (Lipinski definition) is 5. The largest absolute Gasteiger partial charge is 0.497 e. The minimum absolute atomic E-state index is 0.0728. The molecule has 0 unspecified atom stereocenters. The van der Waals surface area contributed by atoms with E-state index in [9.17, 15) is 9.59 Å². The second-order valence-corrected chi connectivity index (χ2v) is 5.12. The van der Waals surface area contributed by atoms with E-state index in [4.69, 9.17) is 15.3 Å². The van der Waals surface area contributed by atoms with E-state index >= 15 is 0 Å². The second-order valence-electron chi connectivity index (χ2n) is 5.12. The van der Waals surface area contributed by atoms with Crippen LogP contribution in [-0.4, -0.2) is 43.5 Å². The average Bonchev–Trinajstić information content (AvgIpc) is 2.96. The van der Waals surface area contributed by atoms with E-state index in [1.807, 2.05) is 12.1 Å². The third-order valence-corrected chi connectivity index (χ3v) is 3.67. The van der Waals surface area contributed by atoms with Gasteiger partial charge in [0.1, 0.15) is 18.8 Å². The lowest BCUT2D eigenvalue weighted by Crippen LogP contribution is -2.38. The van der Waals surface area contributed by atoms with Crippen molar-refractivity contribution in [1.29, 1.82) is 10.5 Å². The Bertz CT molecular complexity index is 673. The normalized spacial score (nSPS) is 16.6. The summed E-state index contributed by atoms with van der Waals surface area (Å²) in [4.78, 5) is 27.3. The molecule has 0 bridgehead atoms. The number of anilines is 1. The Morgan fingerprint density at radius 2 is 2.09 bits per heavy atom. The highest BCUT2D eigenvalue weighted by Gasteiger charge is 2.37. The quantitative estimate of drug-likeness (QED) is 0.753. The van der Waals surface area contributed by atoms with Crippen LogP contribution in [0, 0.1) is 28.6 Å². The Morgan fingerprint density at radius 1 is 1.39 bits per heavy atom. The Balaban J connectivity index is 2.14. The highest BCUT2D eigenvalue weighted by Crippen LogP contribution is 2.28. The molecule has 0 radical (unpaired) electrons. The zero-order valence-corrected chi connectivity index (χ0v) is 12.7. The molecule has 1 aromatic rings. The molecular weight excluding hydrogens is 296 g/mol. The van der Waals surface area contributed by atoms with Gasteiger partial charge in [-0.25, -0.2) is 0 Å². The van der Waals surface area contributed by atoms with Crippen molar-refractivity contribution in [3.63, 3.8) is 0 Å². The maximum atomic E-state index is 12.4. The highest BCUT2D eigenvalue weighted by atomic mass is 16.5. The number of methoxy groups -OCH3 is 1. The lowest BCUT2D eigenvalue weighted by atomic mass is 10.1. The number of ether oxygens (including phenoxy) is 1. The van der Waals surface area contributed by atoms with E-state index in [1.54, 1.807) is 31.4 Å². The fourth-order valence-corrected chi connectivity index (χ4v) is 2.54. The molecular formula is C16H16N4O3. The molecule has 1 atom stereocenters. The van der Waals surface area contributed by atoms with Gasteiger partial charge in [-0.15, -0.1) is 0 Å². The van der Waals surface area contributed by atoms with Crippen LogP contribution in [0.1, 0.15) is 6.42 Å². The van der Waals surface area contributed by atoms with Gasteiger partial charge in [0, 0.05) is 24.7 Å². The summed E-state index contributed by atoms with van der Waals surface area (Å²) in [5.74, 6) is -0.423. The Labute approximate surface area is 134 Å². The van der Waals surface area contributed by atoms with Crippen LogP contribution in [0.15, 0.2) is 24.3 Å². The van der Waals surface area contributed by atoms with Crippen molar-refractivity contribution in [1.82, 2.24) is 4.90 Å². The summed E-state index contributed by atoms with van der Waals surface area (Å²) in [7, 11) is 1.54. The fraction of sp³-hybridized carbons (Fsp3) is 0.375. The van der Waals surface area contributed by atoms with Gasteiger partial charge in [-0.1, -0.05) is 6.07 Å². The molecule has 0 aromatic heterocycles. The van der Waals surface area contributed by atoms with E-state index in [-0.39, 0.29) is 37.9 Å². The summed E-state index contributed by atoms with van der Waals surface area (Å²) in [6.45, 7) is -0.0787. The van der Waals surface area contributed by atoms with E-state index in [0.717, 1.165) is 0 Å². The molecule has 118 valence electrons. The lowest BCUT2D eigenvalue weighted by Gasteiger charge is -2.21. The van der Waals surface area contributed by atoms with Gasteiger partial charge < -0.3 is 14.5 Å². The van der Waals surface area contributed by atoms with Gasteiger partial charge in [-0.05, 0) is 12.1 Å². The molecule has 1 fully saturated rings. The van der Waals surface area contributed by atoms with Gasteiger partial charge in [-0.3, -0.25) is 9.59 Å². The summed E-state index contributed by atoms with van der Waals surface area (Å²) in [6, 6.07) is 10.8. The van der Waals surface area contributed by atoms with Crippen LogP contribution in [0.25, 0.3) is 0 Å². The number of nitrogens with zero attached hydrogens (tertiary/aromatic N) is 4. The maximum absolute atomic E-state index is 12.4. The summed E-state index contributed by atoms with van der Waals surface area (Å²) in [6.07, 6.45) is 0.0728. The SMILES string of the molecule is COc1cccc(N2C[C@H](C(=O)N(CC#N)CC#N)CC2=O)c1. The first-order chi connectivity index (χ1) is 11.1. The first-order valence-electron chi connectivity index (χ1n) is 7.07. The van der Waals surface area contributed by atoms with Gasteiger partial charge in [0.25, 0.3) is 0 Å². The standard InChI is InChI=1S/C16H16N4O3/c1-23-14-4-2-3-13(10-14)20-11-12(9-15(20)21)16(22)19(7-5-17)8-6-18/h2-4,10,12H,7-9,11H2,1H3/t12-/m1/s1. The molecule has 7 heteroatoms. The predicted octanol–water partition coefficient (Wildman–Crippen LogP) is 0.924. The molecule has 1 heterocycles. The summed E-state index contributed by atoms with van der Waals surface area (Å²) < 4.78 is 5.14. The van der Waals surface area contributed by atoms with Crippen LogP contribution in [0.2, 0.25) is 0 Å². The van der Waals surface area contributed by atoms with E-state index in [2.05, 4.69) is 0 Å². The molecule has 2 amide bonds. The van der Waals surface area contributed by atoms with Crippen LogP contribution < -0.4 is 9.64 Å². The molecule has 0 N–H and O–H groups in total. The van der Waals surface area contributed by atoms with E-state index in [0.29, 0.717) is 11.4 Å². The van der Waals surface area contributed by atoms with Crippen molar-refractivity contribution < 1.29 is 14.3 Å². The summed E-state index contributed by atoms with van der Waals surface area (Å²) in [5, 5.41) is 17.5. The number of amides is 2. The number of hydrogen-bond donors (Lipinski definition) is 0. The van der Waals surface area contributed by atoms with Crippen LogP contribution in [0.4, 0.5) is 5.69 Å². The van der Waals surface area contributed by atoms with Crippen LogP contribution in [0.3, 0.4) is 0 Å². The number of carbonyl (C=O) groups excluding carboxylic acids is 2. The minimum Gasteiger partial charge on any atom is -0.497 e. The van der Waals surface area contributed by atoms with Crippen molar-refractivity contribution in [3.8, 4) is 17.9 Å². The van der Waals surface area contributed by atoms with Crippen LogP contribution in [0.5, 0.6) is 5.75 Å². The third-order valence-electron chi connectivity index (χ3n) is 3.67. The smallest absolute Gasteiger partial charge is 0.229 e. The highest BCUT2D eigenvalue weighted by molar-refractivity contribution is 6.00. The van der Waals surface area contributed by atoms with Gasteiger partial charge in [-0.2, -0.15) is 10.5 Å². The van der Waals surface area contributed by atoms with Crippen molar-refractivity contribution >= 4 is 17.5 Å². The zero-order valence-electron chi connectivity index (χ0n) is 12.7. The Hall–Kier alpha value is -3.06. The Morgan fingerprint density at radius 3 is 2.70 bits per heavy atom. The van der Waals surface area contributed by atoms with E-state index in [1.165, 1.54) is 9.80 Å². The van der Waals surface area contributed by atoms with Gasteiger partial charge in [0.05, 0.1) is 25.2 Å². The van der Waals surface area contributed by atoms with Gasteiger partial charge in [0.2, 0.25) is 11.8 Å². The molecule has 1 aromatic carbocycles. The van der Waals surface area contributed by atoms with Gasteiger partial charge in [0.15, 0.2) is 0 Å². The summed E-state index contributed by atoms with van der Waals surface area (Å²) in [5.41, 5.74) is 0.664. The molecule has 1 aliphatic heterocycles. The summed E-state index contributed by atoms with van der Waals surface area (Å²) >= 11 is 0. The molecule has 0 aliphatic carbocycles. The molecule has 0 saturated carbocycles. The monoisotopic (exact) mass is 312 g/mol. The molecule has 23 heavy (non-hydrogen) atoms. The second kappa shape index (κ2) is 7.28. The molecule has 1 aliphatic rings. The van der Waals surface area contributed by atoms with Crippen molar-refractivity contribution in [2.45, 2.75) is 6.42 Å². The molecule has 1 saturated heterocycles. The number of benzene rings is 1. The minimum atomic E-state index is -0.546. The predicted molar refractivity (Wildman–Crippen MR) is 81.3 cm³/mol. The molecule has 0 spiro atoms. The fourth-order valence-electron chi connectivity index (χ4n) is 2.54. The zero-order chi connectivity index (χ0) is 16.8.